The first-order valence-corrected chi connectivity index (χ1v) is 7.46. The SMILES string of the molecule is CNCc1cc(Br)n(S(=O)(=O)c2cccnc2)c1. The standard InChI is InChI=1S/C11H12BrN3O2S/c1-13-6-9-5-11(12)15(8-9)18(16,17)10-3-2-4-14-7-10/h2-5,7-8,13H,6H2,1H3. The lowest BCUT2D eigenvalue weighted by Crippen LogP contribution is -2.12. The van der Waals surface area contributed by atoms with E-state index in [2.05, 4.69) is 26.2 Å². The number of rotatable bonds is 4. The van der Waals surface area contributed by atoms with Crippen LogP contribution in [-0.4, -0.2) is 24.4 Å². The normalized spacial score (nSPS) is 11.7. The van der Waals surface area contributed by atoms with Gasteiger partial charge in [-0.15, -0.1) is 0 Å². The van der Waals surface area contributed by atoms with Gasteiger partial charge < -0.3 is 5.32 Å². The van der Waals surface area contributed by atoms with Gasteiger partial charge in [0.15, 0.2) is 0 Å². The highest BCUT2D eigenvalue weighted by Gasteiger charge is 2.19. The van der Waals surface area contributed by atoms with Gasteiger partial charge in [-0.3, -0.25) is 4.98 Å². The molecule has 0 unspecified atom stereocenters. The summed E-state index contributed by atoms with van der Waals surface area (Å²) in [5.74, 6) is 0. The molecule has 0 atom stereocenters. The van der Waals surface area contributed by atoms with Crippen LogP contribution in [0, 0.1) is 0 Å². The molecule has 2 aromatic heterocycles. The molecule has 1 N–H and O–H groups in total. The van der Waals surface area contributed by atoms with Crippen LogP contribution < -0.4 is 5.32 Å². The Labute approximate surface area is 114 Å². The van der Waals surface area contributed by atoms with Gasteiger partial charge in [-0.25, -0.2) is 12.4 Å². The quantitative estimate of drug-likeness (QED) is 0.925. The lowest BCUT2D eigenvalue weighted by molar-refractivity contribution is 0.586. The molecular weight excluding hydrogens is 318 g/mol. The Morgan fingerprint density at radius 2 is 2.28 bits per heavy atom. The van der Waals surface area contributed by atoms with Gasteiger partial charge in [0, 0.05) is 25.1 Å². The van der Waals surface area contributed by atoms with Crippen molar-refractivity contribution in [1.82, 2.24) is 14.3 Å². The predicted molar refractivity (Wildman–Crippen MR) is 71.7 cm³/mol. The fourth-order valence-corrected chi connectivity index (χ4v) is 3.76. The third-order valence-corrected chi connectivity index (χ3v) is 4.87. The zero-order valence-corrected chi connectivity index (χ0v) is 12.1. The molecule has 0 aromatic carbocycles. The summed E-state index contributed by atoms with van der Waals surface area (Å²) in [6.45, 7) is 0.605. The highest BCUT2D eigenvalue weighted by atomic mass is 79.9. The van der Waals surface area contributed by atoms with Crippen molar-refractivity contribution in [3.05, 3.63) is 47.0 Å². The van der Waals surface area contributed by atoms with Crippen molar-refractivity contribution < 1.29 is 8.42 Å². The van der Waals surface area contributed by atoms with Crippen LogP contribution in [0.25, 0.3) is 0 Å². The van der Waals surface area contributed by atoms with E-state index < -0.39 is 10.0 Å². The molecule has 0 saturated heterocycles. The summed E-state index contributed by atoms with van der Waals surface area (Å²) in [6.07, 6.45) is 4.46. The molecule has 0 saturated carbocycles. The van der Waals surface area contributed by atoms with Gasteiger partial charge in [-0.05, 0) is 46.7 Å². The summed E-state index contributed by atoms with van der Waals surface area (Å²) in [7, 11) is -1.78. The van der Waals surface area contributed by atoms with E-state index >= 15 is 0 Å². The topological polar surface area (TPSA) is 64.0 Å². The van der Waals surface area contributed by atoms with E-state index in [1.165, 1.54) is 22.4 Å². The molecule has 0 amide bonds. The third-order valence-electron chi connectivity index (χ3n) is 2.37. The molecule has 0 bridgehead atoms. The van der Waals surface area contributed by atoms with E-state index in [0.29, 0.717) is 11.1 Å². The second-order valence-corrected chi connectivity index (χ2v) is 6.32. The van der Waals surface area contributed by atoms with Crippen molar-refractivity contribution in [2.75, 3.05) is 7.05 Å². The monoisotopic (exact) mass is 329 g/mol. The Morgan fingerprint density at radius 3 is 2.89 bits per heavy atom. The van der Waals surface area contributed by atoms with Crippen LogP contribution >= 0.6 is 15.9 Å². The van der Waals surface area contributed by atoms with Crippen molar-refractivity contribution in [3.8, 4) is 0 Å². The highest BCUT2D eigenvalue weighted by Crippen LogP contribution is 2.22. The van der Waals surface area contributed by atoms with Gasteiger partial charge in [-0.1, -0.05) is 0 Å². The second-order valence-electron chi connectivity index (χ2n) is 3.69. The lowest BCUT2D eigenvalue weighted by atomic mass is 10.3. The molecule has 0 aliphatic heterocycles. The van der Waals surface area contributed by atoms with E-state index in [4.69, 9.17) is 0 Å². The minimum Gasteiger partial charge on any atom is -0.316 e. The smallest absolute Gasteiger partial charge is 0.270 e. The van der Waals surface area contributed by atoms with Crippen LogP contribution in [0.2, 0.25) is 0 Å². The molecule has 5 nitrogen and oxygen atoms in total. The summed E-state index contributed by atoms with van der Waals surface area (Å²) in [5.41, 5.74) is 0.886. The van der Waals surface area contributed by atoms with Crippen molar-refractivity contribution in [2.45, 2.75) is 11.4 Å². The average Bonchev–Trinajstić information content (AvgIpc) is 2.73. The average molecular weight is 330 g/mol. The van der Waals surface area contributed by atoms with Gasteiger partial charge in [0.1, 0.15) is 9.50 Å². The fraction of sp³-hybridized carbons (Fsp3) is 0.182. The molecule has 18 heavy (non-hydrogen) atoms. The number of aromatic nitrogens is 2. The largest absolute Gasteiger partial charge is 0.316 e. The number of halogens is 1. The highest BCUT2D eigenvalue weighted by molar-refractivity contribution is 9.10. The first-order chi connectivity index (χ1) is 8.55. The van der Waals surface area contributed by atoms with Crippen molar-refractivity contribution in [3.63, 3.8) is 0 Å². The molecule has 0 aliphatic rings. The zero-order valence-electron chi connectivity index (χ0n) is 9.67. The number of hydrogen-bond donors (Lipinski definition) is 1. The lowest BCUT2D eigenvalue weighted by Gasteiger charge is -2.06. The van der Waals surface area contributed by atoms with Gasteiger partial charge in [0.25, 0.3) is 10.0 Å². The third kappa shape index (κ3) is 2.47. The number of nitrogens with zero attached hydrogens (tertiary/aromatic N) is 2. The van der Waals surface area contributed by atoms with Crippen molar-refractivity contribution >= 4 is 26.0 Å². The first kappa shape index (κ1) is 13.3. The molecule has 96 valence electrons. The van der Waals surface area contributed by atoms with E-state index in [9.17, 15) is 8.42 Å². The van der Waals surface area contributed by atoms with Crippen LogP contribution in [0.15, 0.2) is 46.3 Å². The van der Waals surface area contributed by atoms with E-state index in [0.717, 1.165) is 5.56 Å². The second kappa shape index (κ2) is 5.21. The molecule has 0 fully saturated rings. The van der Waals surface area contributed by atoms with Crippen LogP contribution in [0.3, 0.4) is 0 Å². The zero-order chi connectivity index (χ0) is 13.2. The summed E-state index contributed by atoms with van der Waals surface area (Å²) >= 11 is 3.26. The fourth-order valence-electron chi connectivity index (χ4n) is 1.56. The minimum absolute atomic E-state index is 0.164. The van der Waals surface area contributed by atoms with Crippen molar-refractivity contribution in [1.29, 1.82) is 0 Å². The maximum Gasteiger partial charge on any atom is 0.270 e. The molecule has 0 spiro atoms. The van der Waals surface area contributed by atoms with E-state index in [1.807, 2.05) is 0 Å². The Morgan fingerprint density at radius 1 is 1.50 bits per heavy atom. The van der Waals surface area contributed by atoms with Gasteiger partial charge in [0.2, 0.25) is 0 Å². The number of pyridine rings is 1. The van der Waals surface area contributed by atoms with E-state index in [-0.39, 0.29) is 4.90 Å². The Balaban J connectivity index is 2.48. The minimum atomic E-state index is -3.59. The molecule has 2 heterocycles. The van der Waals surface area contributed by atoms with Crippen LogP contribution in [-0.2, 0) is 16.6 Å². The summed E-state index contributed by atoms with van der Waals surface area (Å²) < 4.78 is 26.4. The van der Waals surface area contributed by atoms with E-state index in [1.54, 1.807) is 25.4 Å². The molecule has 0 aliphatic carbocycles. The maximum atomic E-state index is 12.3. The number of hydrogen-bond acceptors (Lipinski definition) is 4. The van der Waals surface area contributed by atoms with Crippen molar-refractivity contribution in [2.24, 2.45) is 0 Å². The summed E-state index contributed by atoms with van der Waals surface area (Å²) in [4.78, 5) is 3.99. The van der Waals surface area contributed by atoms with Crippen LogP contribution in [0.5, 0.6) is 0 Å². The molecular formula is C11H12BrN3O2S. The molecule has 7 heteroatoms. The first-order valence-electron chi connectivity index (χ1n) is 5.22. The molecule has 2 rings (SSSR count). The molecule has 2 aromatic rings. The summed E-state index contributed by atoms with van der Waals surface area (Å²) in [6, 6.07) is 4.88. The predicted octanol–water partition coefficient (Wildman–Crippen LogP) is 1.60. The van der Waals surface area contributed by atoms with Gasteiger partial charge in [-0.2, -0.15) is 0 Å². The Hall–Kier alpha value is -1.18. The summed E-state index contributed by atoms with van der Waals surface area (Å²) in [5, 5.41) is 2.97. The molecule has 0 radical (unpaired) electrons. The Kier molecular flexibility index (Phi) is 3.84. The van der Waals surface area contributed by atoms with Gasteiger partial charge in [0.05, 0.1) is 0 Å². The maximum absolute atomic E-state index is 12.3. The van der Waals surface area contributed by atoms with Crippen LogP contribution in [0.4, 0.5) is 0 Å². The van der Waals surface area contributed by atoms with Crippen LogP contribution in [0.1, 0.15) is 5.56 Å². The number of nitrogens with one attached hydrogen (secondary N) is 1. The van der Waals surface area contributed by atoms with Gasteiger partial charge >= 0.3 is 0 Å². The Bertz CT molecular complexity index is 638.